The average Bonchev–Trinajstić information content (AvgIpc) is 1.99. The van der Waals surface area contributed by atoms with Gasteiger partial charge in [0.25, 0.3) is 5.91 Å². The highest BCUT2D eigenvalue weighted by molar-refractivity contribution is 6.15. The van der Waals surface area contributed by atoms with E-state index >= 15 is 0 Å². The summed E-state index contributed by atoms with van der Waals surface area (Å²) in [5.41, 5.74) is 4.72. The van der Waals surface area contributed by atoms with E-state index in [4.69, 9.17) is 5.73 Å². The molecule has 0 saturated carbocycles. The van der Waals surface area contributed by atoms with Crippen LogP contribution in [-0.2, 0) is 14.3 Å². The number of nitrogens with two attached hydrogens (primary N) is 1. The quantitative estimate of drug-likeness (QED) is 0.250. The van der Waals surface area contributed by atoms with Crippen LogP contribution in [0.4, 0.5) is 0 Å². The third-order valence-electron chi connectivity index (χ3n) is 1.05. The van der Waals surface area contributed by atoms with Gasteiger partial charge in [0.05, 0.1) is 6.61 Å². The summed E-state index contributed by atoms with van der Waals surface area (Å²) < 4.78 is 4.57. The Kier molecular flexibility index (Phi) is 4.52. The van der Waals surface area contributed by atoms with Crippen molar-refractivity contribution in [2.75, 3.05) is 13.7 Å². The lowest BCUT2D eigenvalue weighted by molar-refractivity contribution is -0.139. The SMILES string of the molecule is CCOC(=O)/C(=C/NC)C(N)=O. The van der Waals surface area contributed by atoms with E-state index in [0.717, 1.165) is 0 Å². The Morgan fingerprint density at radius 3 is 2.50 bits per heavy atom. The summed E-state index contributed by atoms with van der Waals surface area (Å²) in [6, 6.07) is 0. The molecule has 3 N–H and O–H groups in total. The van der Waals surface area contributed by atoms with Crippen LogP contribution in [0.3, 0.4) is 0 Å². The molecule has 0 saturated heterocycles. The van der Waals surface area contributed by atoms with Gasteiger partial charge in [0, 0.05) is 13.2 Å². The van der Waals surface area contributed by atoms with Crippen LogP contribution >= 0.6 is 0 Å². The fourth-order valence-electron chi connectivity index (χ4n) is 0.584. The van der Waals surface area contributed by atoms with E-state index in [0.29, 0.717) is 0 Å². The predicted molar refractivity (Wildman–Crippen MR) is 43.0 cm³/mol. The zero-order valence-corrected chi connectivity index (χ0v) is 7.09. The average molecular weight is 172 g/mol. The Hall–Kier alpha value is -1.52. The van der Waals surface area contributed by atoms with Crippen molar-refractivity contribution in [2.24, 2.45) is 5.73 Å². The molecule has 0 rings (SSSR count). The summed E-state index contributed by atoms with van der Waals surface area (Å²) >= 11 is 0. The third kappa shape index (κ3) is 3.05. The Morgan fingerprint density at radius 2 is 2.17 bits per heavy atom. The lowest BCUT2D eigenvalue weighted by Gasteiger charge is -2.02. The summed E-state index contributed by atoms with van der Waals surface area (Å²) in [6.45, 7) is 1.86. The molecule has 5 heteroatoms. The lowest BCUT2D eigenvalue weighted by atomic mass is 10.3. The van der Waals surface area contributed by atoms with Crippen LogP contribution in [0.2, 0.25) is 0 Å². The first kappa shape index (κ1) is 10.5. The van der Waals surface area contributed by atoms with Gasteiger partial charge in [-0.2, -0.15) is 0 Å². The van der Waals surface area contributed by atoms with E-state index in [1.165, 1.54) is 6.20 Å². The standard InChI is InChI=1S/C7H12N2O3/c1-3-12-7(11)5(4-9-2)6(8)10/h4,9H,3H2,1-2H3,(H2,8,10)/b5-4+. The molecule has 0 atom stereocenters. The number of ether oxygens (including phenoxy) is 1. The van der Waals surface area contributed by atoms with Gasteiger partial charge < -0.3 is 15.8 Å². The second kappa shape index (κ2) is 5.17. The molecule has 0 unspecified atom stereocenters. The van der Waals surface area contributed by atoms with Crippen LogP contribution in [0.25, 0.3) is 0 Å². The second-order valence-corrected chi connectivity index (χ2v) is 1.93. The maximum Gasteiger partial charge on any atom is 0.345 e. The summed E-state index contributed by atoms with van der Waals surface area (Å²) in [4.78, 5) is 21.6. The lowest BCUT2D eigenvalue weighted by Crippen LogP contribution is -2.24. The summed E-state index contributed by atoms with van der Waals surface area (Å²) in [7, 11) is 1.56. The topological polar surface area (TPSA) is 81.4 Å². The number of carbonyl (C=O) groups is 2. The van der Waals surface area contributed by atoms with Crippen LogP contribution in [-0.4, -0.2) is 25.5 Å². The molecule has 5 nitrogen and oxygen atoms in total. The highest BCUT2D eigenvalue weighted by Crippen LogP contribution is 1.95. The molecular formula is C7H12N2O3. The predicted octanol–water partition coefficient (Wildman–Crippen LogP) is -0.862. The number of hydrogen-bond acceptors (Lipinski definition) is 4. The second-order valence-electron chi connectivity index (χ2n) is 1.93. The van der Waals surface area contributed by atoms with Crippen molar-refractivity contribution < 1.29 is 14.3 Å². The molecule has 0 spiro atoms. The van der Waals surface area contributed by atoms with Gasteiger partial charge in [-0.05, 0) is 6.92 Å². The summed E-state index contributed by atoms with van der Waals surface area (Å²) in [5.74, 6) is -1.51. The van der Waals surface area contributed by atoms with Crippen LogP contribution in [0.15, 0.2) is 11.8 Å². The van der Waals surface area contributed by atoms with Gasteiger partial charge in [-0.25, -0.2) is 4.79 Å². The van der Waals surface area contributed by atoms with Gasteiger partial charge in [0.1, 0.15) is 5.57 Å². The molecule has 12 heavy (non-hydrogen) atoms. The molecule has 0 aromatic carbocycles. The van der Waals surface area contributed by atoms with E-state index < -0.39 is 11.9 Å². The van der Waals surface area contributed by atoms with Crippen molar-refractivity contribution >= 4 is 11.9 Å². The molecule has 0 bridgehead atoms. The van der Waals surface area contributed by atoms with Crippen molar-refractivity contribution in [3.63, 3.8) is 0 Å². The number of primary amides is 1. The maximum atomic E-state index is 10.9. The molecule has 0 radical (unpaired) electrons. The molecule has 1 amide bonds. The van der Waals surface area contributed by atoms with Crippen LogP contribution in [0.1, 0.15) is 6.92 Å². The van der Waals surface area contributed by atoms with Crippen molar-refractivity contribution in [1.29, 1.82) is 0 Å². The minimum absolute atomic E-state index is 0.181. The summed E-state index contributed by atoms with van der Waals surface area (Å²) in [5, 5.41) is 2.52. The van der Waals surface area contributed by atoms with Crippen molar-refractivity contribution in [3.05, 3.63) is 11.8 Å². The molecule has 0 aromatic heterocycles. The van der Waals surface area contributed by atoms with E-state index in [9.17, 15) is 9.59 Å². The molecular weight excluding hydrogens is 160 g/mol. The van der Waals surface area contributed by atoms with Gasteiger partial charge >= 0.3 is 5.97 Å². The van der Waals surface area contributed by atoms with E-state index in [1.54, 1.807) is 14.0 Å². The van der Waals surface area contributed by atoms with Crippen LogP contribution < -0.4 is 11.1 Å². The minimum atomic E-state index is -0.803. The highest BCUT2D eigenvalue weighted by Gasteiger charge is 2.15. The molecule has 0 heterocycles. The first-order valence-electron chi connectivity index (χ1n) is 3.47. The number of amides is 1. The normalized spacial score (nSPS) is 10.7. The Bertz CT molecular complexity index is 211. The fraction of sp³-hybridized carbons (Fsp3) is 0.429. The van der Waals surface area contributed by atoms with Crippen molar-refractivity contribution in [2.45, 2.75) is 6.92 Å². The molecule has 0 fully saturated rings. The van der Waals surface area contributed by atoms with Crippen LogP contribution in [0.5, 0.6) is 0 Å². The van der Waals surface area contributed by atoms with E-state index in [1.807, 2.05) is 0 Å². The smallest absolute Gasteiger partial charge is 0.345 e. The molecule has 0 aliphatic heterocycles. The summed E-state index contributed by atoms with van der Waals surface area (Å²) in [6.07, 6.45) is 1.21. The van der Waals surface area contributed by atoms with E-state index in [2.05, 4.69) is 10.1 Å². The van der Waals surface area contributed by atoms with Crippen molar-refractivity contribution in [1.82, 2.24) is 5.32 Å². The highest BCUT2D eigenvalue weighted by atomic mass is 16.5. The number of esters is 1. The van der Waals surface area contributed by atoms with Gasteiger partial charge in [-0.15, -0.1) is 0 Å². The number of rotatable bonds is 4. The molecule has 68 valence electrons. The zero-order chi connectivity index (χ0) is 9.56. The minimum Gasteiger partial charge on any atom is -0.462 e. The van der Waals surface area contributed by atoms with Gasteiger partial charge in [0.2, 0.25) is 0 Å². The van der Waals surface area contributed by atoms with Crippen LogP contribution in [0, 0.1) is 0 Å². The van der Waals surface area contributed by atoms with Gasteiger partial charge in [-0.3, -0.25) is 4.79 Å². The first-order chi connectivity index (χ1) is 5.63. The first-order valence-corrected chi connectivity index (χ1v) is 3.47. The van der Waals surface area contributed by atoms with Gasteiger partial charge in [-0.1, -0.05) is 0 Å². The number of carbonyl (C=O) groups excluding carboxylic acids is 2. The Balaban J connectivity index is 4.41. The Morgan fingerprint density at radius 1 is 1.58 bits per heavy atom. The number of nitrogens with one attached hydrogen (secondary N) is 1. The molecule has 0 aliphatic rings. The fourth-order valence-corrected chi connectivity index (χ4v) is 0.584. The number of hydrogen-bond donors (Lipinski definition) is 2. The molecule has 0 aliphatic carbocycles. The Labute approximate surface area is 70.6 Å². The van der Waals surface area contributed by atoms with E-state index in [-0.39, 0.29) is 12.2 Å². The maximum absolute atomic E-state index is 10.9. The monoisotopic (exact) mass is 172 g/mol. The third-order valence-corrected chi connectivity index (χ3v) is 1.05. The van der Waals surface area contributed by atoms with Gasteiger partial charge in [0.15, 0.2) is 0 Å². The zero-order valence-electron chi connectivity index (χ0n) is 7.09. The molecule has 0 aromatic rings. The largest absolute Gasteiger partial charge is 0.462 e. The van der Waals surface area contributed by atoms with Crippen molar-refractivity contribution in [3.8, 4) is 0 Å².